The number of piperidine rings is 1. The number of aryl methyl sites for hydroxylation is 1. The SMILES string of the molecule is CCOC(=O)C1CCN(C(=O)c2sc(-c3ccccc3F)nc2C)CC1. The van der Waals surface area contributed by atoms with Gasteiger partial charge in [0.1, 0.15) is 15.7 Å². The van der Waals surface area contributed by atoms with Crippen LogP contribution in [0.25, 0.3) is 10.6 Å². The van der Waals surface area contributed by atoms with Crippen molar-refractivity contribution in [1.29, 1.82) is 0 Å². The van der Waals surface area contributed by atoms with E-state index in [0.717, 1.165) is 0 Å². The van der Waals surface area contributed by atoms with E-state index in [2.05, 4.69) is 4.98 Å². The average Bonchev–Trinajstić information content (AvgIpc) is 3.03. The normalized spacial score (nSPS) is 15.1. The molecule has 1 amide bonds. The molecule has 2 aromatic rings. The van der Waals surface area contributed by atoms with E-state index in [4.69, 9.17) is 4.74 Å². The molecule has 0 N–H and O–H groups in total. The highest BCUT2D eigenvalue weighted by Gasteiger charge is 2.30. The molecule has 0 spiro atoms. The van der Waals surface area contributed by atoms with Crippen molar-refractivity contribution in [3.8, 4) is 10.6 Å². The summed E-state index contributed by atoms with van der Waals surface area (Å²) in [5.74, 6) is -0.786. The van der Waals surface area contributed by atoms with Crippen molar-refractivity contribution in [2.75, 3.05) is 19.7 Å². The highest BCUT2D eigenvalue weighted by molar-refractivity contribution is 7.17. The first-order valence-corrected chi connectivity index (χ1v) is 9.51. The van der Waals surface area contributed by atoms with Crippen molar-refractivity contribution >= 4 is 23.2 Å². The molecule has 0 unspecified atom stereocenters. The molecule has 1 aliphatic heterocycles. The second kappa shape index (κ2) is 7.95. The molecular formula is C19H21FN2O3S. The summed E-state index contributed by atoms with van der Waals surface area (Å²) in [4.78, 5) is 31.3. The van der Waals surface area contributed by atoms with Gasteiger partial charge in [-0.2, -0.15) is 0 Å². The quantitative estimate of drug-likeness (QED) is 0.764. The number of nitrogens with zero attached hydrogens (tertiary/aromatic N) is 2. The van der Waals surface area contributed by atoms with Crippen molar-refractivity contribution < 1.29 is 18.7 Å². The third-order valence-corrected chi connectivity index (χ3v) is 5.68. The van der Waals surface area contributed by atoms with Gasteiger partial charge < -0.3 is 9.64 Å². The Kier molecular flexibility index (Phi) is 5.66. The minimum absolute atomic E-state index is 0.107. The topological polar surface area (TPSA) is 59.5 Å². The highest BCUT2D eigenvalue weighted by atomic mass is 32.1. The Hall–Kier alpha value is -2.28. The summed E-state index contributed by atoms with van der Waals surface area (Å²) in [6, 6.07) is 6.41. The van der Waals surface area contributed by atoms with Crippen LogP contribution in [-0.4, -0.2) is 41.5 Å². The number of hydrogen-bond donors (Lipinski definition) is 0. The maximum Gasteiger partial charge on any atom is 0.309 e. The molecule has 26 heavy (non-hydrogen) atoms. The summed E-state index contributed by atoms with van der Waals surface area (Å²) in [7, 11) is 0. The monoisotopic (exact) mass is 376 g/mol. The Morgan fingerprint density at radius 2 is 2.00 bits per heavy atom. The molecule has 0 bridgehead atoms. The molecule has 0 radical (unpaired) electrons. The molecule has 1 fully saturated rings. The molecule has 0 atom stereocenters. The fraction of sp³-hybridized carbons (Fsp3) is 0.421. The number of esters is 1. The van der Waals surface area contributed by atoms with Gasteiger partial charge in [-0.1, -0.05) is 12.1 Å². The van der Waals surface area contributed by atoms with Gasteiger partial charge in [0.05, 0.1) is 18.2 Å². The number of rotatable bonds is 4. The molecule has 1 aromatic carbocycles. The Balaban J connectivity index is 1.72. The number of hydrogen-bond acceptors (Lipinski definition) is 5. The molecule has 2 heterocycles. The van der Waals surface area contributed by atoms with Crippen LogP contribution in [0.15, 0.2) is 24.3 Å². The second-order valence-corrected chi connectivity index (χ2v) is 7.23. The predicted molar refractivity (Wildman–Crippen MR) is 97.5 cm³/mol. The Bertz CT molecular complexity index is 813. The number of amides is 1. The van der Waals surface area contributed by atoms with Gasteiger partial charge in [-0.25, -0.2) is 9.37 Å². The minimum Gasteiger partial charge on any atom is -0.466 e. The first-order valence-electron chi connectivity index (χ1n) is 8.69. The van der Waals surface area contributed by atoms with E-state index in [9.17, 15) is 14.0 Å². The van der Waals surface area contributed by atoms with E-state index >= 15 is 0 Å². The first-order chi connectivity index (χ1) is 12.5. The minimum atomic E-state index is -0.351. The molecule has 0 aliphatic carbocycles. The molecule has 5 nitrogen and oxygen atoms in total. The zero-order valence-corrected chi connectivity index (χ0v) is 15.6. The van der Waals surface area contributed by atoms with Crippen molar-refractivity contribution in [3.63, 3.8) is 0 Å². The fourth-order valence-corrected chi connectivity index (χ4v) is 4.13. The van der Waals surface area contributed by atoms with Crippen molar-refractivity contribution in [1.82, 2.24) is 9.88 Å². The third kappa shape index (κ3) is 3.77. The maximum absolute atomic E-state index is 14.0. The summed E-state index contributed by atoms with van der Waals surface area (Å²) in [6.45, 7) is 4.94. The van der Waals surface area contributed by atoms with Crippen molar-refractivity contribution in [3.05, 3.63) is 40.7 Å². The number of aromatic nitrogens is 1. The molecule has 1 aromatic heterocycles. The third-order valence-electron chi connectivity index (χ3n) is 4.50. The van der Waals surface area contributed by atoms with Gasteiger partial charge in [-0.15, -0.1) is 11.3 Å². The van der Waals surface area contributed by atoms with Gasteiger partial charge in [0.25, 0.3) is 5.91 Å². The number of carbonyl (C=O) groups excluding carboxylic acids is 2. The highest BCUT2D eigenvalue weighted by Crippen LogP contribution is 2.31. The van der Waals surface area contributed by atoms with E-state index in [1.54, 1.807) is 36.9 Å². The number of thiazole rings is 1. The molecule has 7 heteroatoms. The lowest BCUT2D eigenvalue weighted by molar-refractivity contribution is -0.149. The molecule has 1 aliphatic rings. The molecule has 0 saturated carbocycles. The number of carbonyl (C=O) groups is 2. The van der Waals surface area contributed by atoms with Gasteiger partial charge in [0.15, 0.2) is 0 Å². The van der Waals surface area contributed by atoms with Crippen LogP contribution in [0.1, 0.15) is 35.1 Å². The van der Waals surface area contributed by atoms with Crippen molar-refractivity contribution in [2.24, 2.45) is 5.92 Å². The largest absolute Gasteiger partial charge is 0.466 e. The van der Waals surface area contributed by atoms with E-state index in [0.29, 0.717) is 53.7 Å². The molecule has 138 valence electrons. The van der Waals surface area contributed by atoms with E-state index < -0.39 is 0 Å². The summed E-state index contributed by atoms with van der Waals surface area (Å²) >= 11 is 1.21. The summed E-state index contributed by atoms with van der Waals surface area (Å²) in [6.07, 6.45) is 1.20. The Morgan fingerprint density at radius 1 is 1.31 bits per heavy atom. The lowest BCUT2D eigenvalue weighted by Crippen LogP contribution is -2.40. The molecule has 1 saturated heterocycles. The lowest BCUT2D eigenvalue weighted by Gasteiger charge is -2.30. The van der Waals surface area contributed by atoms with E-state index in [1.165, 1.54) is 17.4 Å². The van der Waals surface area contributed by atoms with Gasteiger partial charge in [0.2, 0.25) is 0 Å². The zero-order chi connectivity index (χ0) is 18.7. The zero-order valence-electron chi connectivity index (χ0n) is 14.8. The van der Waals surface area contributed by atoms with Crippen molar-refractivity contribution in [2.45, 2.75) is 26.7 Å². The standard InChI is InChI=1S/C19H21FN2O3S/c1-3-25-19(24)13-8-10-22(11-9-13)18(23)16-12(2)21-17(26-16)14-6-4-5-7-15(14)20/h4-7,13H,3,8-11H2,1-2H3. The number of likely N-dealkylation sites (tertiary alicyclic amines) is 1. The van der Waals surface area contributed by atoms with Crippen LogP contribution in [0, 0.1) is 18.7 Å². The fourth-order valence-electron chi connectivity index (χ4n) is 3.07. The smallest absolute Gasteiger partial charge is 0.309 e. The first kappa shape index (κ1) is 18.5. The second-order valence-electron chi connectivity index (χ2n) is 6.23. The number of halogens is 1. The number of ether oxygens (including phenoxy) is 1. The van der Waals surface area contributed by atoms with Gasteiger partial charge in [-0.3, -0.25) is 9.59 Å². The van der Waals surface area contributed by atoms with Crippen LogP contribution in [0.4, 0.5) is 4.39 Å². The van der Waals surface area contributed by atoms with Gasteiger partial charge in [-0.05, 0) is 38.8 Å². The average molecular weight is 376 g/mol. The van der Waals surface area contributed by atoms with Crippen LogP contribution in [0.3, 0.4) is 0 Å². The molecular weight excluding hydrogens is 355 g/mol. The number of benzene rings is 1. The van der Waals surface area contributed by atoms with Gasteiger partial charge >= 0.3 is 5.97 Å². The maximum atomic E-state index is 14.0. The van der Waals surface area contributed by atoms with E-state index in [1.807, 2.05) is 0 Å². The van der Waals surface area contributed by atoms with Crippen LogP contribution in [0.2, 0.25) is 0 Å². The van der Waals surface area contributed by atoms with E-state index in [-0.39, 0.29) is 23.6 Å². The lowest BCUT2D eigenvalue weighted by atomic mass is 9.97. The summed E-state index contributed by atoms with van der Waals surface area (Å²) in [5, 5.41) is 0.505. The summed E-state index contributed by atoms with van der Waals surface area (Å²) < 4.78 is 19.0. The Labute approximate surface area is 155 Å². The van der Waals surface area contributed by atoms with Crippen LogP contribution in [0.5, 0.6) is 0 Å². The molecule has 3 rings (SSSR count). The van der Waals surface area contributed by atoms with Gasteiger partial charge in [0, 0.05) is 18.7 Å². The summed E-state index contributed by atoms with van der Waals surface area (Å²) in [5.41, 5.74) is 1.01. The Morgan fingerprint density at radius 3 is 2.65 bits per heavy atom. The van der Waals surface area contributed by atoms with Crippen LogP contribution >= 0.6 is 11.3 Å². The van der Waals surface area contributed by atoms with Crippen LogP contribution < -0.4 is 0 Å². The van der Waals surface area contributed by atoms with Crippen LogP contribution in [-0.2, 0) is 9.53 Å². The predicted octanol–water partition coefficient (Wildman–Crippen LogP) is 3.67.